The molecule has 3 aromatic rings. The molecule has 28 heavy (non-hydrogen) atoms. The van der Waals surface area contributed by atoms with Gasteiger partial charge in [-0.3, -0.25) is 0 Å². The lowest BCUT2D eigenvalue weighted by molar-refractivity contribution is 0.162. The van der Waals surface area contributed by atoms with Crippen molar-refractivity contribution in [2.24, 2.45) is 5.92 Å². The maximum Gasteiger partial charge on any atom is 0.322 e. The number of hydrogen-bond acceptors (Lipinski definition) is 1. The van der Waals surface area contributed by atoms with Crippen LogP contribution in [0.3, 0.4) is 0 Å². The van der Waals surface area contributed by atoms with Crippen LogP contribution in [0.5, 0.6) is 0 Å². The van der Waals surface area contributed by atoms with Crippen LogP contribution in [0.2, 0.25) is 0 Å². The van der Waals surface area contributed by atoms with Crippen molar-refractivity contribution in [1.82, 2.24) is 9.47 Å². The summed E-state index contributed by atoms with van der Waals surface area (Å²) in [6, 6.07) is 16.3. The number of amides is 2. The fraction of sp³-hybridized carbons (Fsp3) is 0.227. The standard InChI is InChI=1S/C22H21BrFN3O/c1-14(2)21-20-8-5-11-26(20)19-7-4-3-6-15(19)13-27(21)22(28)25-18-10-9-16(23)12-17(18)24/h3-12,14,21H,13H2,1-2H3,(H,25,28). The molecule has 1 aliphatic rings. The van der Waals surface area contributed by atoms with E-state index in [0.717, 1.165) is 16.9 Å². The van der Waals surface area contributed by atoms with Crippen LogP contribution in [0.15, 0.2) is 65.3 Å². The first kappa shape index (κ1) is 18.7. The molecule has 0 saturated heterocycles. The van der Waals surface area contributed by atoms with Gasteiger partial charge in [0, 0.05) is 16.4 Å². The molecule has 0 spiro atoms. The van der Waals surface area contributed by atoms with Crippen molar-refractivity contribution >= 4 is 27.6 Å². The summed E-state index contributed by atoms with van der Waals surface area (Å²) < 4.78 is 17.1. The van der Waals surface area contributed by atoms with Gasteiger partial charge in [-0.25, -0.2) is 9.18 Å². The second-order valence-corrected chi connectivity index (χ2v) is 8.22. The molecule has 0 bridgehead atoms. The monoisotopic (exact) mass is 441 g/mol. The molecule has 1 N–H and O–H groups in total. The topological polar surface area (TPSA) is 37.3 Å². The highest BCUT2D eigenvalue weighted by molar-refractivity contribution is 9.10. The first-order chi connectivity index (χ1) is 13.5. The van der Waals surface area contributed by atoms with Gasteiger partial charge in [0.05, 0.1) is 24.0 Å². The van der Waals surface area contributed by atoms with E-state index in [9.17, 15) is 9.18 Å². The zero-order chi connectivity index (χ0) is 19.8. The number of para-hydroxylation sites is 1. The first-order valence-corrected chi connectivity index (χ1v) is 10.0. The molecule has 4 rings (SSSR count). The Morgan fingerprint density at radius 3 is 2.71 bits per heavy atom. The van der Waals surface area contributed by atoms with Crippen LogP contribution in [0, 0.1) is 11.7 Å². The largest absolute Gasteiger partial charge is 0.322 e. The van der Waals surface area contributed by atoms with Gasteiger partial charge in [0.2, 0.25) is 0 Å². The summed E-state index contributed by atoms with van der Waals surface area (Å²) in [7, 11) is 0. The highest BCUT2D eigenvalue weighted by Crippen LogP contribution is 2.37. The van der Waals surface area contributed by atoms with Crippen LogP contribution in [-0.4, -0.2) is 15.5 Å². The van der Waals surface area contributed by atoms with Crippen LogP contribution in [0.25, 0.3) is 5.69 Å². The van der Waals surface area contributed by atoms with E-state index >= 15 is 0 Å². The van der Waals surface area contributed by atoms with Gasteiger partial charge in [-0.05, 0) is 47.9 Å². The summed E-state index contributed by atoms with van der Waals surface area (Å²) in [6.45, 7) is 4.64. The average molecular weight is 442 g/mol. The predicted molar refractivity (Wildman–Crippen MR) is 112 cm³/mol. The lowest BCUT2D eigenvalue weighted by atomic mass is 9.99. The van der Waals surface area contributed by atoms with E-state index in [2.05, 4.69) is 45.7 Å². The molecule has 6 heteroatoms. The van der Waals surface area contributed by atoms with E-state index in [1.54, 1.807) is 17.0 Å². The number of carbonyl (C=O) groups excluding carboxylic acids is 1. The van der Waals surface area contributed by atoms with Gasteiger partial charge in [-0.1, -0.05) is 48.0 Å². The van der Waals surface area contributed by atoms with Crippen molar-refractivity contribution in [3.05, 3.63) is 82.3 Å². The number of benzene rings is 2. The maximum atomic E-state index is 14.3. The molecular weight excluding hydrogens is 421 g/mol. The van der Waals surface area contributed by atoms with Crippen molar-refractivity contribution in [2.75, 3.05) is 5.32 Å². The maximum absolute atomic E-state index is 14.3. The fourth-order valence-electron chi connectivity index (χ4n) is 3.85. The molecule has 0 aliphatic carbocycles. The van der Waals surface area contributed by atoms with E-state index in [1.165, 1.54) is 6.07 Å². The molecule has 2 heterocycles. The molecule has 1 atom stereocenters. The van der Waals surface area contributed by atoms with Gasteiger partial charge in [-0.15, -0.1) is 0 Å². The minimum absolute atomic E-state index is 0.138. The molecule has 2 amide bonds. The van der Waals surface area contributed by atoms with Gasteiger partial charge in [-0.2, -0.15) is 0 Å². The van der Waals surface area contributed by atoms with Gasteiger partial charge in [0.25, 0.3) is 0 Å². The Morgan fingerprint density at radius 1 is 1.18 bits per heavy atom. The van der Waals surface area contributed by atoms with E-state index in [-0.39, 0.29) is 23.7 Å². The number of aromatic nitrogens is 1. The van der Waals surface area contributed by atoms with Gasteiger partial charge in [0.1, 0.15) is 5.82 Å². The van der Waals surface area contributed by atoms with Gasteiger partial charge in [0.15, 0.2) is 0 Å². The molecule has 1 unspecified atom stereocenters. The minimum atomic E-state index is -0.470. The van der Waals surface area contributed by atoms with E-state index in [0.29, 0.717) is 11.0 Å². The Labute approximate surface area is 172 Å². The zero-order valence-electron chi connectivity index (χ0n) is 15.7. The molecule has 144 valence electrons. The molecule has 0 radical (unpaired) electrons. The number of nitrogens with one attached hydrogen (secondary N) is 1. The number of anilines is 1. The molecule has 0 fully saturated rings. The minimum Gasteiger partial charge on any atom is -0.318 e. The smallest absolute Gasteiger partial charge is 0.318 e. The van der Waals surface area contributed by atoms with Crippen molar-refractivity contribution in [3.8, 4) is 5.69 Å². The van der Waals surface area contributed by atoms with Crippen molar-refractivity contribution in [3.63, 3.8) is 0 Å². The van der Waals surface area contributed by atoms with Gasteiger partial charge < -0.3 is 14.8 Å². The molecular formula is C22H21BrFN3O. The summed E-state index contributed by atoms with van der Waals surface area (Å²) in [4.78, 5) is 15.0. The second kappa shape index (κ2) is 7.43. The number of rotatable bonds is 2. The Morgan fingerprint density at radius 2 is 1.96 bits per heavy atom. The second-order valence-electron chi connectivity index (χ2n) is 7.30. The van der Waals surface area contributed by atoms with Crippen LogP contribution < -0.4 is 5.32 Å². The third-order valence-electron chi connectivity index (χ3n) is 5.08. The van der Waals surface area contributed by atoms with Crippen LogP contribution in [0.1, 0.15) is 31.1 Å². The fourth-order valence-corrected chi connectivity index (χ4v) is 4.19. The molecule has 1 aliphatic heterocycles. The Balaban J connectivity index is 1.76. The average Bonchev–Trinajstić information content (AvgIpc) is 3.07. The lowest BCUT2D eigenvalue weighted by Crippen LogP contribution is -2.39. The normalized spacial score (nSPS) is 15.8. The molecule has 4 nitrogen and oxygen atoms in total. The predicted octanol–water partition coefficient (Wildman–Crippen LogP) is 6.12. The van der Waals surface area contributed by atoms with Gasteiger partial charge >= 0.3 is 6.03 Å². The summed E-state index contributed by atoms with van der Waals surface area (Å²) >= 11 is 3.24. The summed E-state index contributed by atoms with van der Waals surface area (Å²) in [6.07, 6.45) is 2.03. The molecule has 2 aromatic carbocycles. The Bertz CT molecular complexity index is 1030. The van der Waals surface area contributed by atoms with E-state index in [1.807, 2.05) is 36.5 Å². The van der Waals surface area contributed by atoms with E-state index < -0.39 is 5.82 Å². The van der Waals surface area contributed by atoms with Crippen molar-refractivity contribution in [2.45, 2.75) is 26.4 Å². The van der Waals surface area contributed by atoms with Crippen molar-refractivity contribution < 1.29 is 9.18 Å². The molecule has 1 aromatic heterocycles. The highest BCUT2D eigenvalue weighted by atomic mass is 79.9. The van der Waals surface area contributed by atoms with Crippen LogP contribution in [-0.2, 0) is 6.54 Å². The highest BCUT2D eigenvalue weighted by Gasteiger charge is 2.33. The molecule has 0 saturated carbocycles. The zero-order valence-corrected chi connectivity index (χ0v) is 17.3. The number of urea groups is 1. The van der Waals surface area contributed by atoms with Crippen molar-refractivity contribution in [1.29, 1.82) is 0 Å². The summed E-state index contributed by atoms with van der Waals surface area (Å²) in [5.74, 6) is -0.286. The third-order valence-corrected chi connectivity index (χ3v) is 5.57. The van der Waals surface area contributed by atoms with Crippen LogP contribution in [0.4, 0.5) is 14.9 Å². The quantitative estimate of drug-likeness (QED) is 0.510. The SMILES string of the molecule is CC(C)C1c2cccn2-c2ccccc2CN1C(=O)Nc1ccc(Br)cc1F. The number of halogens is 2. The number of nitrogens with zero attached hydrogens (tertiary/aromatic N) is 2. The Kier molecular flexibility index (Phi) is 4.98. The summed E-state index contributed by atoms with van der Waals surface area (Å²) in [5.41, 5.74) is 3.34. The Hall–Kier alpha value is -2.60. The number of carbonyl (C=O) groups is 1. The van der Waals surface area contributed by atoms with E-state index in [4.69, 9.17) is 0 Å². The number of fused-ring (bicyclic) bond motifs is 3. The third kappa shape index (κ3) is 3.33. The first-order valence-electron chi connectivity index (χ1n) is 9.24. The number of hydrogen-bond donors (Lipinski definition) is 1. The summed E-state index contributed by atoms with van der Waals surface area (Å²) in [5, 5.41) is 2.76. The lowest BCUT2D eigenvalue weighted by Gasteiger charge is -2.33. The van der Waals surface area contributed by atoms with Crippen LogP contribution >= 0.6 is 15.9 Å².